The van der Waals surface area contributed by atoms with Crippen molar-refractivity contribution in [1.29, 1.82) is 0 Å². The Bertz CT molecular complexity index is 736. The van der Waals surface area contributed by atoms with E-state index in [2.05, 4.69) is 48.5 Å². The molecule has 1 aromatic heterocycles. The second-order valence-electron chi connectivity index (χ2n) is 6.03. The van der Waals surface area contributed by atoms with E-state index in [0.717, 1.165) is 13.0 Å². The summed E-state index contributed by atoms with van der Waals surface area (Å²) >= 11 is 0. The number of benzene rings is 1. The third-order valence-electron chi connectivity index (χ3n) is 3.96. The second kappa shape index (κ2) is 8.37. The van der Waals surface area contributed by atoms with Crippen LogP contribution in [0.5, 0.6) is 0 Å². The van der Waals surface area contributed by atoms with Crippen molar-refractivity contribution in [2.75, 3.05) is 29.5 Å². The van der Waals surface area contributed by atoms with Crippen molar-refractivity contribution in [3.05, 3.63) is 46.5 Å². The Balaban J connectivity index is 1.96. The minimum atomic E-state index is -0.540. The summed E-state index contributed by atoms with van der Waals surface area (Å²) in [6, 6.07) is 7.90. The quantitative estimate of drug-likeness (QED) is 0.743. The molecule has 0 aliphatic rings. The first-order valence-electron chi connectivity index (χ1n) is 8.41. The van der Waals surface area contributed by atoms with Crippen LogP contribution in [0.3, 0.4) is 0 Å². The molecule has 0 aliphatic carbocycles. The van der Waals surface area contributed by atoms with Crippen LogP contribution in [-0.2, 0) is 11.2 Å². The van der Waals surface area contributed by atoms with Crippen LogP contribution >= 0.6 is 0 Å². The molecule has 0 bridgehead atoms. The Labute approximate surface area is 148 Å². The first-order chi connectivity index (χ1) is 11.9. The van der Waals surface area contributed by atoms with Gasteiger partial charge in [0.1, 0.15) is 11.6 Å². The molecule has 2 aromatic rings. The third kappa shape index (κ3) is 5.11. The molecular formula is C19H26N4O2. The molecule has 6 heteroatoms. The first kappa shape index (κ1) is 18.6. The maximum Gasteiger partial charge on any atom is 0.411 e. The summed E-state index contributed by atoms with van der Waals surface area (Å²) in [6.07, 6.45) is 0.365. The highest BCUT2D eigenvalue weighted by atomic mass is 16.5. The average Bonchev–Trinajstić information content (AvgIpc) is 2.52. The molecule has 2 rings (SSSR count). The summed E-state index contributed by atoms with van der Waals surface area (Å²) in [5, 5.41) is 5.84. The Morgan fingerprint density at radius 1 is 1.20 bits per heavy atom. The van der Waals surface area contributed by atoms with E-state index in [1.807, 2.05) is 0 Å². The molecule has 1 aromatic carbocycles. The van der Waals surface area contributed by atoms with Crippen molar-refractivity contribution in [2.45, 2.75) is 34.1 Å². The van der Waals surface area contributed by atoms with E-state index >= 15 is 0 Å². The Hall–Kier alpha value is -2.76. The summed E-state index contributed by atoms with van der Waals surface area (Å²) in [7, 11) is 0. The lowest BCUT2D eigenvalue weighted by atomic mass is 9.97. The average molecular weight is 342 g/mol. The van der Waals surface area contributed by atoms with E-state index in [0.29, 0.717) is 18.1 Å². The normalized spacial score (nSPS) is 10.4. The molecule has 25 heavy (non-hydrogen) atoms. The van der Waals surface area contributed by atoms with Crippen LogP contribution in [0.15, 0.2) is 24.3 Å². The molecule has 1 amide bonds. The molecule has 0 atom stereocenters. The van der Waals surface area contributed by atoms with Crippen LogP contribution in [0.25, 0.3) is 0 Å². The molecule has 1 heterocycles. The topological polar surface area (TPSA) is 89.3 Å². The van der Waals surface area contributed by atoms with Gasteiger partial charge in [0, 0.05) is 6.54 Å². The van der Waals surface area contributed by atoms with Gasteiger partial charge in [0.15, 0.2) is 0 Å². The van der Waals surface area contributed by atoms with Crippen LogP contribution in [-0.4, -0.2) is 24.2 Å². The lowest BCUT2D eigenvalue weighted by Crippen LogP contribution is -2.15. The van der Waals surface area contributed by atoms with Gasteiger partial charge in [0.2, 0.25) is 0 Å². The van der Waals surface area contributed by atoms with Gasteiger partial charge in [-0.1, -0.05) is 17.7 Å². The largest absolute Gasteiger partial charge is 0.450 e. The van der Waals surface area contributed by atoms with E-state index in [1.165, 1.54) is 22.3 Å². The van der Waals surface area contributed by atoms with Crippen molar-refractivity contribution >= 4 is 23.4 Å². The number of hydrogen-bond acceptors (Lipinski definition) is 5. The Kier molecular flexibility index (Phi) is 6.22. The van der Waals surface area contributed by atoms with E-state index in [9.17, 15) is 4.79 Å². The van der Waals surface area contributed by atoms with Crippen molar-refractivity contribution < 1.29 is 9.53 Å². The number of nitrogens with zero attached hydrogens (tertiary/aromatic N) is 1. The highest BCUT2D eigenvalue weighted by Gasteiger charge is 2.08. The van der Waals surface area contributed by atoms with Crippen molar-refractivity contribution in [3.8, 4) is 0 Å². The summed E-state index contributed by atoms with van der Waals surface area (Å²) in [5.74, 6) is 0.926. The maximum atomic E-state index is 11.4. The zero-order valence-electron chi connectivity index (χ0n) is 15.3. The molecule has 134 valence electrons. The molecule has 0 spiro atoms. The smallest absolute Gasteiger partial charge is 0.411 e. The van der Waals surface area contributed by atoms with E-state index in [-0.39, 0.29) is 5.82 Å². The van der Waals surface area contributed by atoms with Gasteiger partial charge in [-0.3, -0.25) is 5.32 Å². The van der Waals surface area contributed by atoms with E-state index < -0.39 is 6.09 Å². The number of aromatic nitrogens is 1. The highest BCUT2D eigenvalue weighted by molar-refractivity contribution is 5.88. The van der Waals surface area contributed by atoms with Gasteiger partial charge < -0.3 is 15.8 Å². The minimum Gasteiger partial charge on any atom is -0.450 e. The molecule has 0 saturated carbocycles. The first-order valence-corrected chi connectivity index (χ1v) is 8.41. The number of nitrogen functional groups attached to an aromatic ring is 1. The minimum absolute atomic E-state index is 0.251. The zero-order valence-corrected chi connectivity index (χ0v) is 15.3. The van der Waals surface area contributed by atoms with Gasteiger partial charge >= 0.3 is 6.09 Å². The van der Waals surface area contributed by atoms with Gasteiger partial charge in [-0.25, -0.2) is 9.78 Å². The fourth-order valence-corrected chi connectivity index (χ4v) is 2.88. The van der Waals surface area contributed by atoms with E-state index in [4.69, 9.17) is 10.5 Å². The van der Waals surface area contributed by atoms with Gasteiger partial charge in [-0.15, -0.1) is 0 Å². The van der Waals surface area contributed by atoms with E-state index in [1.54, 1.807) is 19.1 Å². The van der Waals surface area contributed by atoms with Gasteiger partial charge in [0.25, 0.3) is 0 Å². The molecule has 0 saturated heterocycles. The fraction of sp³-hybridized carbons (Fsp3) is 0.368. The number of nitrogens with two attached hydrogens (primary N) is 1. The Morgan fingerprint density at radius 2 is 1.88 bits per heavy atom. The standard InChI is InChI=1S/C19H26N4O2/c1-5-25-19(24)22-16-6-7-17(23-18(16)20)21-9-8-15-13(3)10-12(2)11-14(15)4/h6-7,10-11H,5,8-9H2,1-4H3,(H,22,24)(H3,20,21,23). The number of ether oxygens (including phenoxy) is 1. The number of pyridine rings is 1. The fourth-order valence-electron chi connectivity index (χ4n) is 2.88. The monoisotopic (exact) mass is 342 g/mol. The van der Waals surface area contributed by atoms with Crippen molar-refractivity contribution in [1.82, 2.24) is 4.98 Å². The van der Waals surface area contributed by atoms with Gasteiger partial charge in [-0.05, 0) is 62.9 Å². The number of rotatable bonds is 6. The van der Waals surface area contributed by atoms with Crippen LogP contribution in [0.4, 0.5) is 22.1 Å². The SMILES string of the molecule is CCOC(=O)Nc1ccc(NCCc2c(C)cc(C)cc2C)nc1N. The highest BCUT2D eigenvalue weighted by Crippen LogP contribution is 2.20. The third-order valence-corrected chi connectivity index (χ3v) is 3.96. The maximum absolute atomic E-state index is 11.4. The van der Waals surface area contributed by atoms with Crippen LogP contribution in [0, 0.1) is 20.8 Å². The molecular weight excluding hydrogens is 316 g/mol. The number of nitrogens with one attached hydrogen (secondary N) is 2. The number of aryl methyl sites for hydroxylation is 3. The predicted molar refractivity (Wildman–Crippen MR) is 102 cm³/mol. The number of hydrogen-bond donors (Lipinski definition) is 3. The number of carbonyl (C=O) groups excluding carboxylic acids is 1. The lowest BCUT2D eigenvalue weighted by Gasteiger charge is -2.13. The molecule has 0 fully saturated rings. The number of anilines is 3. The van der Waals surface area contributed by atoms with Crippen molar-refractivity contribution in [2.24, 2.45) is 0 Å². The predicted octanol–water partition coefficient (Wildman–Crippen LogP) is 3.81. The molecule has 6 nitrogen and oxygen atoms in total. The van der Waals surface area contributed by atoms with Gasteiger partial charge in [-0.2, -0.15) is 0 Å². The number of amides is 1. The second-order valence-corrected chi connectivity index (χ2v) is 6.03. The summed E-state index contributed by atoms with van der Waals surface area (Å²) in [5.41, 5.74) is 11.6. The molecule has 0 unspecified atom stereocenters. The lowest BCUT2D eigenvalue weighted by molar-refractivity contribution is 0.168. The number of carbonyl (C=O) groups is 1. The molecule has 4 N–H and O–H groups in total. The zero-order chi connectivity index (χ0) is 18.4. The van der Waals surface area contributed by atoms with Crippen molar-refractivity contribution in [3.63, 3.8) is 0 Å². The summed E-state index contributed by atoms with van der Waals surface area (Å²) in [4.78, 5) is 15.7. The summed E-state index contributed by atoms with van der Waals surface area (Å²) < 4.78 is 4.83. The van der Waals surface area contributed by atoms with Crippen LogP contribution in [0.1, 0.15) is 29.2 Å². The van der Waals surface area contributed by atoms with Gasteiger partial charge in [0.05, 0.1) is 12.3 Å². The molecule has 0 aliphatic heterocycles. The summed E-state index contributed by atoms with van der Waals surface area (Å²) in [6.45, 7) is 9.19. The van der Waals surface area contributed by atoms with Crippen LogP contribution < -0.4 is 16.4 Å². The Morgan fingerprint density at radius 3 is 2.48 bits per heavy atom. The molecule has 0 radical (unpaired) electrons. The van der Waals surface area contributed by atoms with Crippen LogP contribution in [0.2, 0.25) is 0 Å².